The van der Waals surface area contributed by atoms with Gasteiger partial charge in [0.2, 0.25) is 5.91 Å². The summed E-state index contributed by atoms with van der Waals surface area (Å²) in [4.78, 5) is 25.5. The van der Waals surface area contributed by atoms with Gasteiger partial charge in [-0.3, -0.25) is 19.6 Å². The monoisotopic (exact) mass is 569 g/mol. The average Bonchev–Trinajstić information content (AvgIpc) is 3.21. The van der Waals surface area contributed by atoms with Gasteiger partial charge in [0.1, 0.15) is 11.9 Å². The minimum Gasteiger partial charge on any atom is -0.393 e. The van der Waals surface area contributed by atoms with Gasteiger partial charge in [-0.15, -0.1) is 0 Å². The lowest BCUT2D eigenvalue weighted by atomic mass is 9.90. The summed E-state index contributed by atoms with van der Waals surface area (Å²) in [6.07, 6.45) is -0.758. The van der Waals surface area contributed by atoms with Crippen LogP contribution in [-0.4, -0.2) is 108 Å². The highest BCUT2D eigenvalue weighted by molar-refractivity contribution is 5.97. The predicted molar refractivity (Wildman–Crippen MR) is 156 cm³/mol. The van der Waals surface area contributed by atoms with Gasteiger partial charge in [0.05, 0.1) is 43.4 Å². The highest BCUT2D eigenvalue weighted by atomic mass is 19.1. The number of ether oxygens (including phenoxy) is 1. The second kappa shape index (κ2) is 12.4. The van der Waals surface area contributed by atoms with Gasteiger partial charge in [0, 0.05) is 56.3 Å². The molecule has 1 unspecified atom stereocenters. The van der Waals surface area contributed by atoms with Crippen molar-refractivity contribution in [3.8, 4) is 0 Å². The zero-order chi connectivity index (χ0) is 29.3. The van der Waals surface area contributed by atoms with Crippen LogP contribution in [-0.2, 0) is 21.4 Å². The molecule has 1 aromatic carbocycles. The van der Waals surface area contributed by atoms with E-state index in [9.17, 15) is 19.4 Å². The number of aliphatic hydroxyl groups excluding tert-OH is 2. The van der Waals surface area contributed by atoms with Crippen molar-refractivity contribution in [3.05, 3.63) is 58.7 Å². The van der Waals surface area contributed by atoms with E-state index < -0.39 is 18.1 Å². The van der Waals surface area contributed by atoms with Gasteiger partial charge in [-0.25, -0.2) is 4.39 Å². The summed E-state index contributed by atoms with van der Waals surface area (Å²) < 4.78 is 19.2. The molecule has 0 bridgehead atoms. The molecule has 10 heteroatoms. The van der Waals surface area contributed by atoms with E-state index in [0.717, 1.165) is 56.3 Å². The topological polar surface area (TPSA) is 101 Å². The molecule has 2 fully saturated rings. The summed E-state index contributed by atoms with van der Waals surface area (Å²) in [6, 6.07) is 8.98. The van der Waals surface area contributed by atoms with E-state index in [-0.39, 0.29) is 23.8 Å². The molecule has 224 valence electrons. The van der Waals surface area contributed by atoms with Crippen LogP contribution in [0.5, 0.6) is 0 Å². The molecule has 4 atom stereocenters. The van der Waals surface area contributed by atoms with E-state index in [0.29, 0.717) is 36.8 Å². The fraction of sp³-hybridized carbons (Fsp3) is 0.613. The van der Waals surface area contributed by atoms with Crippen molar-refractivity contribution in [1.82, 2.24) is 20.1 Å². The first-order chi connectivity index (χ1) is 19.6. The number of halogens is 1. The maximum Gasteiger partial charge on any atom is 0.241 e. The number of piperazine rings is 1. The largest absolute Gasteiger partial charge is 0.393 e. The normalized spacial score (nSPS) is 25.7. The van der Waals surface area contributed by atoms with Crippen molar-refractivity contribution in [1.29, 1.82) is 0 Å². The molecule has 2 saturated heterocycles. The van der Waals surface area contributed by atoms with Crippen LogP contribution in [0.4, 0.5) is 10.1 Å². The first-order valence-electron chi connectivity index (χ1n) is 14.7. The van der Waals surface area contributed by atoms with Crippen LogP contribution in [0.15, 0.2) is 30.3 Å². The quantitative estimate of drug-likeness (QED) is 0.443. The third-order valence-electron chi connectivity index (χ3n) is 8.71. The van der Waals surface area contributed by atoms with Crippen molar-refractivity contribution >= 4 is 11.6 Å². The Hall–Kier alpha value is -2.47. The fourth-order valence-electron chi connectivity index (χ4n) is 6.35. The maximum absolute atomic E-state index is 14.0. The lowest BCUT2D eigenvalue weighted by molar-refractivity contribution is -0.121. The Morgan fingerprint density at radius 3 is 2.71 bits per heavy atom. The molecule has 0 saturated carbocycles. The highest BCUT2D eigenvalue weighted by Gasteiger charge is 2.42. The van der Waals surface area contributed by atoms with Gasteiger partial charge < -0.3 is 25.2 Å². The molecule has 1 aromatic heterocycles. The maximum atomic E-state index is 14.0. The number of amides is 1. The highest BCUT2D eigenvalue weighted by Crippen LogP contribution is 2.41. The Kier molecular flexibility index (Phi) is 9.08. The standard InChI is InChI=1S/C31H44FN5O4/c1-20-14-36(25(13-33-20)15-35-9-10-41-18-21(35)2)16-28(40)37-19-31(3,4)30-26(37)12-23(29(34-30)27(39)17-38)11-22-5-7-24(32)8-6-22/h5-8,12,20-21,25,27,33,38-39H,9-11,13-19H2,1-4H3/t20-,21-,25-,27?/m1/s1. The number of nitrogens with one attached hydrogen (secondary N) is 1. The number of rotatable bonds is 8. The van der Waals surface area contributed by atoms with Crippen molar-refractivity contribution in [2.24, 2.45) is 0 Å². The molecule has 0 spiro atoms. The van der Waals surface area contributed by atoms with E-state index in [4.69, 9.17) is 9.72 Å². The van der Waals surface area contributed by atoms with Crippen LogP contribution in [0, 0.1) is 5.82 Å². The zero-order valence-electron chi connectivity index (χ0n) is 24.6. The summed E-state index contributed by atoms with van der Waals surface area (Å²) >= 11 is 0. The molecule has 5 rings (SSSR count). The average molecular weight is 570 g/mol. The number of hydrogen-bond donors (Lipinski definition) is 3. The number of carbonyl (C=O) groups excluding carboxylic acids is 1. The predicted octanol–water partition coefficient (Wildman–Crippen LogP) is 1.84. The van der Waals surface area contributed by atoms with E-state index in [1.54, 1.807) is 12.1 Å². The summed E-state index contributed by atoms with van der Waals surface area (Å²) in [5.41, 5.74) is 3.01. The second-order valence-corrected chi connectivity index (χ2v) is 12.6. The zero-order valence-corrected chi connectivity index (χ0v) is 24.6. The summed E-state index contributed by atoms with van der Waals surface area (Å²) in [5.74, 6) is -0.297. The number of carbonyl (C=O) groups is 1. The lowest BCUT2D eigenvalue weighted by Gasteiger charge is -2.43. The third kappa shape index (κ3) is 6.63. The van der Waals surface area contributed by atoms with Gasteiger partial charge in [-0.2, -0.15) is 0 Å². The van der Waals surface area contributed by atoms with Crippen molar-refractivity contribution in [2.75, 3.05) is 64.0 Å². The molecule has 3 aliphatic heterocycles. The van der Waals surface area contributed by atoms with Crippen LogP contribution in [0.3, 0.4) is 0 Å². The minimum absolute atomic E-state index is 0.0240. The number of nitrogens with zero attached hydrogens (tertiary/aromatic N) is 4. The Balaban J connectivity index is 1.41. The SMILES string of the molecule is C[C@@H]1CN(CC(=O)N2CC(C)(C)c3nc(C(O)CO)c(Cc4ccc(F)cc4)cc32)[C@@H](CN2CCOC[C@H]2C)CN1. The van der Waals surface area contributed by atoms with E-state index >= 15 is 0 Å². The molecule has 41 heavy (non-hydrogen) atoms. The molecule has 0 radical (unpaired) electrons. The number of hydrogen-bond acceptors (Lipinski definition) is 8. The Morgan fingerprint density at radius 2 is 2.00 bits per heavy atom. The summed E-state index contributed by atoms with van der Waals surface area (Å²) in [7, 11) is 0. The van der Waals surface area contributed by atoms with Crippen molar-refractivity contribution in [2.45, 2.75) is 63.8 Å². The molecule has 3 aliphatic rings. The fourth-order valence-corrected chi connectivity index (χ4v) is 6.35. The van der Waals surface area contributed by atoms with Gasteiger partial charge in [-0.05, 0) is 49.6 Å². The number of benzene rings is 1. The number of aliphatic hydroxyl groups is 2. The number of pyridine rings is 1. The summed E-state index contributed by atoms with van der Waals surface area (Å²) in [6.45, 7) is 13.6. The smallest absolute Gasteiger partial charge is 0.241 e. The van der Waals surface area contributed by atoms with Crippen LogP contribution in [0.2, 0.25) is 0 Å². The third-order valence-corrected chi connectivity index (χ3v) is 8.71. The van der Waals surface area contributed by atoms with Crippen LogP contribution < -0.4 is 10.2 Å². The molecule has 9 nitrogen and oxygen atoms in total. The second-order valence-electron chi connectivity index (χ2n) is 12.6. The first kappa shape index (κ1) is 30.0. The van der Waals surface area contributed by atoms with Gasteiger partial charge >= 0.3 is 0 Å². The van der Waals surface area contributed by atoms with E-state index in [1.807, 2.05) is 11.0 Å². The van der Waals surface area contributed by atoms with Crippen LogP contribution >= 0.6 is 0 Å². The Morgan fingerprint density at radius 1 is 1.24 bits per heavy atom. The Bertz CT molecular complexity index is 1230. The number of fused-ring (bicyclic) bond motifs is 1. The van der Waals surface area contributed by atoms with Crippen molar-refractivity contribution in [3.63, 3.8) is 0 Å². The molecular formula is C31H44FN5O4. The van der Waals surface area contributed by atoms with Gasteiger partial charge in [0.15, 0.2) is 0 Å². The Labute approximate surface area is 242 Å². The molecule has 1 amide bonds. The van der Waals surface area contributed by atoms with E-state index in [2.05, 4.69) is 42.8 Å². The number of morpholine rings is 1. The summed E-state index contributed by atoms with van der Waals surface area (Å²) in [5, 5.41) is 24.0. The molecule has 3 N–H and O–H groups in total. The molecule has 2 aromatic rings. The van der Waals surface area contributed by atoms with Crippen LogP contribution in [0.1, 0.15) is 56.3 Å². The van der Waals surface area contributed by atoms with Crippen LogP contribution in [0.25, 0.3) is 0 Å². The van der Waals surface area contributed by atoms with Crippen molar-refractivity contribution < 1.29 is 24.1 Å². The van der Waals surface area contributed by atoms with Gasteiger partial charge in [0.25, 0.3) is 0 Å². The van der Waals surface area contributed by atoms with E-state index in [1.165, 1.54) is 12.1 Å². The van der Waals surface area contributed by atoms with Gasteiger partial charge in [-0.1, -0.05) is 26.0 Å². The minimum atomic E-state index is -1.15. The molecular weight excluding hydrogens is 525 g/mol. The lowest BCUT2D eigenvalue weighted by Crippen LogP contribution is -2.62. The molecule has 0 aliphatic carbocycles. The molecule has 4 heterocycles. The number of anilines is 1. The number of aromatic nitrogens is 1. The first-order valence-corrected chi connectivity index (χ1v) is 14.7.